The molecule has 2 N–H and O–H groups in total. The molecule has 3 nitrogen and oxygen atoms in total. The van der Waals surface area contributed by atoms with Crippen LogP contribution in [-0.2, 0) is 6.54 Å². The van der Waals surface area contributed by atoms with Gasteiger partial charge in [0.2, 0.25) is 0 Å². The summed E-state index contributed by atoms with van der Waals surface area (Å²) in [7, 11) is 0. The van der Waals surface area contributed by atoms with Gasteiger partial charge in [0.1, 0.15) is 11.6 Å². The molecule has 0 amide bonds. The summed E-state index contributed by atoms with van der Waals surface area (Å²) in [5, 5.41) is 0. The van der Waals surface area contributed by atoms with Gasteiger partial charge in [-0.3, -0.25) is 0 Å². The van der Waals surface area contributed by atoms with Gasteiger partial charge >= 0.3 is 0 Å². The van der Waals surface area contributed by atoms with Gasteiger partial charge in [0.25, 0.3) is 0 Å². The molecular formula is C14H20FN3. The molecule has 1 saturated heterocycles. The van der Waals surface area contributed by atoms with Gasteiger partial charge in [0.05, 0.1) is 6.20 Å². The van der Waals surface area contributed by atoms with Crippen LogP contribution in [0.2, 0.25) is 0 Å². The van der Waals surface area contributed by atoms with Crippen molar-refractivity contribution >= 4 is 5.82 Å². The van der Waals surface area contributed by atoms with E-state index in [-0.39, 0.29) is 5.82 Å². The molecule has 0 bridgehead atoms. The molecule has 2 unspecified atom stereocenters. The number of aromatic nitrogens is 1. The molecule has 1 aliphatic heterocycles. The number of hydrogen-bond donors (Lipinski definition) is 1. The maximum atomic E-state index is 13.2. The van der Waals surface area contributed by atoms with Gasteiger partial charge in [0.15, 0.2) is 0 Å². The van der Waals surface area contributed by atoms with Crippen molar-refractivity contribution in [2.24, 2.45) is 11.7 Å². The minimum Gasteiger partial charge on any atom is -0.353 e. The van der Waals surface area contributed by atoms with Crippen molar-refractivity contribution in [2.75, 3.05) is 11.4 Å². The summed E-state index contributed by atoms with van der Waals surface area (Å²) in [6, 6.07) is 2.13. The van der Waals surface area contributed by atoms with Crippen molar-refractivity contribution in [3.8, 4) is 0 Å². The fraction of sp³-hybridized carbons (Fsp3) is 0.643. The van der Waals surface area contributed by atoms with Crippen molar-refractivity contribution < 1.29 is 4.39 Å². The number of nitrogens with zero attached hydrogens (tertiary/aromatic N) is 2. The maximum absolute atomic E-state index is 13.2. The number of fused-ring (bicyclic) bond motifs is 1. The summed E-state index contributed by atoms with van der Waals surface area (Å²) in [4.78, 5) is 6.66. The Labute approximate surface area is 107 Å². The van der Waals surface area contributed by atoms with Crippen LogP contribution in [0.4, 0.5) is 10.2 Å². The molecule has 3 rings (SSSR count). The summed E-state index contributed by atoms with van der Waals surface area (Å²) in [6.07, 6.45) is 7.79. The summed E-state index contributed by atoms with van der Waals surface area (Å²) in [5.41, 5.74) is 6.56. The first-order chi connectivity index (χ1) is 8.79. The Kier molecular flexibility index (Phi) is 3.20. The second-order valence-electron chi connectivity index (χ2n) is 5.43. The molecule has 0 spiro atoms. The van der Waals surface area contributed by atoms with Crippen LogP contribution in [0, 0.1) is 11.7 Å². The Hall–Kier alpha value is -1.16. The van der Waals surface area contributed by atoms with Crippen LogP contribution in [0.15, 0.2) is 12.3 Å². The van der Waals surface area contributed by atoms with Gasteiger partial charge in [-0.25, -0.2) is 9.37 Å². The van der Waals surface area contributed by atoms with E-state index in [1.807, 2.05) is 0 Å². The number of rotatable bonds is 2. The van der Waals surface area contributed by atoms with Gasteiger partial charge in [-0.1, -0.05) is 12.8 Å². The van der Waals surface area contributed by atoms with Gasteiger partial charge in [0, 0.05) is 24.7 Å². The minimum absolute atomic E-state index is 0.293. The van der Waals surface area contributed by atoms with E-state index in [0.717, 1.165) is 23.8 Å². The quantitative estimate of drug-likeness (QED) is 0.875. The highest BCUT2D eigenvalue weighted by Gasteiger charge is 2.36. The zero-order chi connectivity index (χ0) is 12.5. The molecule has 0 radical (unpaired) electrons. The second-order valence-corrected chi connectivity index (χ2v) is 5.43. The smallest absolute Gasteiger partial charge is 0.141 e. The third kappa shape index (κ3) is 1.99. The summed E-state index contributed by atoms with van der Waals surface area (Å²) >= 11 is 0. The Morgan fingerprint density at radius 3 is 3.00 bits per heavy atom. The highest BCUT2D eigenvalue weighted by Crippen LogP contribution is 2.39. The molecule has 2 fully saturated rings. The summed E-state index contributed by atoms with van der Waals surface area (Å²) in [5.74, 6) is 1.42. The first-order valence-electron chi connectivity index (χ1n) is 6.90. The van der Waals surface area contributed by atoms with E-state index in [0.29, 0.717) is 12.6 Å². The highest BCUT2D eigenvalue weighted by molar-refractivity contribution is 5.49. The van der Waals surface area contributed by atoms with E-state index in [1.54, 1.807) is 0 Å². The number of pyridine rings is 1. The monoisotopic (exact) mass is 249 g/mol. The molecule has 1 aromatic rings. The van der Waals surface area contributed by atoms with Crippen molar-refractivity contribution in [1.82, 2.24) is 4.98 Å². The van der Waals surface area contributed by atoms with E-state index in [2.05, 4.69) is 9.88 Å². The first kappa shape index (κ1) is 11.9. The lowest BCUT2D eigenvalue weighted by Gasteiger charge is -2.33. The van der Waals surface area contributed by atoms with E-state index >= 15 is 0 Å². The molecule has 0 aromatic carbocycles. The van der Waals surface area contributed by atoms with Crippen LogP contribution < -0.4 is 10.6 Å². The molecule has 1 aliphatic carbocycles. The third-order valence-corrected chi connectivity index (χ3v) is 4.41. The number of hydrogen-bond acceptors (Lipinski definition) is 3. The lowest BCUT2D eigenvalue weighted by atomic mass is 9.85. The van der Waals surface area contributed by atoms with Gasteiger partial charge in [-0.05, 0) is 31.2 Å². The lowest BCUT2D eigenvalue weighted by Crippen LogP contribution is -2.36. The second kappa shape index (κ2) is 4.84. The average Bonchev–Trinajstić information content (AvgIpc) is 2.82. The van der Waals surface area contributed by atoms with Crippen LogP contribution in [0.1, 0.15) is 37.7 Å². The van der Waals surface area contributed by atoms with E-state index in [1.165, 1.54) is 44.4 Å². The Bertz CT molecular complexity index is 435. The van der Waals surface area contributed by atoms with Crippen molar-refractivity contribution in [1.29, 1.82) is 0 Å². The van der Waals surface area contributed by atoms with E-state index in [9.17, 15) is 4.39 Å². The van der Waals surface area contributed by atoms with E-state index in [4.69, 9.17) is 5.73 Å². The molecule has 2 aliphatic rings. The Morgan fingerprint density at radius 2 is 2.17 bits per heavy atom. The summed E-state index contributed by atoms with van der Waals surface area (Å²) < 4.78 is 13.2. The Balaban J connectivity index is 1.90. The van der Waals surface area contributed by atoms with Crippen LogP contribution >= 0.6 is 0 Å². The maximum Gasteiger partial charge on any atom is 0.141 e. The van der Waals surface area contributed by atoms with E-state index < -0.39 is 0 Å². The molecule has 1 aromatic heterocycles. The van der Waals surface area contributed by atoms with Crippen molar-refractivity contribution in [2.45, 2.75) is 44.7 Å². The largest absolute Gasteiger partial charge is 0.353 e. The number of anilines is 1. The minimum atomic E-state index is -0.293. The molecule has 18 heavy (non-hydrogen) atoms. The van der Waals surface area contributed by atoms with Crippen molar-refractivity contribution in [3.05, 3.63) is 23.6 Å². The normalized spacial score (nSPS) is 27.3. The molecule has 4 heteroatoms. The van der Waals surface area contributed by atoms with Crippen LogP contribution in [0.5, 0.6) is 0 Å². The summed E-state index contributed by atoms with van der Waals surface area (Å²) in [6.45, 7) is 1.40. The van der Waals surface area contributed by atoms with Crippen molar-refractivity contribution in [3.63, 3.8) is 0 Å². The number of halogens is 1. The predicted octanol–water partition coefficient (Wildman–Crippen LogP) is 2.45. The zero-order valence-corrected chi connectivity index (χ0v) is 10.6. The lowest BCUT2D eigenvalue weighted by molar-refractivity contribution is 0.341. The van der Waals surface area contributed by atoms with Crippen LogP contribution in [-0.4, -0.2) is 17.6 Å². The predicted molar refractivity (Wildman–Crippen MR) is 69.8 cm³/mol. The van der Waals surface area contributed by atoms with Gasteiger partial charge in [-0.15, -0.1) is 0 Å². The Morgan fingerprint density at radius 1 is 1.33 bits per heavy atom. The molecule has 1 saturated carbocycles. The van der Waals surface area contributed by atoms with Crippen LogP contribution in [0.25, 0.3) is 0 Å². The number of nitrogens with two attached hydrogens (primary N) is 1. The SMILES string of the molecule is NCc1cc(F)cnc1N1CCC2CCCCC21. The zero-order valence-electron chi connectivity index (χ0n) is 10.6. The molecule has 2 heterocycles. The fourth-order valence-electron chi connectivity index (χ4n) is 3.55. The van der Waals surface area contributed by atoms with Gasteiger partial charge in [-0.2, -0.15) is 0 Å². The third-order valence-electron chi connectivity index (χ3n) is 4.41. The molecule has 98 valence electrons. The molecule has 2 atom stereocenters. The topological polar surface area (TPSA) is 42.1 Å². The van der Waals surface area contributed by atoms with Crippen LogP contribution in [0.3, 0.4) is 0 Å². The standard InChI is InChI=1S/C14H20FN3/c15-12-7-11(8-16)14(17-9-12)18-6-5-10-3-1-2-4-13(10)18/h7,9-10,13H,1-6,8,16H2. The average molecular weight is 249 g/mol. The molecular weight excluding hydrogens is 229 g/mol. The highest BCUT2D eigenvalue weighted by atomic mass is 19.1. The van der Waals surface area contributed by atoms with Gasteiger partial charge < -0.3 is 10.6 Å². The fourth-order valence-corrected chi connectivity index (χ4v) is 3.55. The first-order valence-corrected chi connectivity index (χ1v) is 6.90.